The fraction of sp³-hybridized carbons (Fsp3) is 0.440. The molecule has 8 heteroatoms. The number of benzene rings is 1. The number of amides is 2. The largest absolute Gasteiger partial charge is 0.483 e. The number of nitrogens with two attached hydrogens (primary N) is 1. The molecular weight excluding hydrogens is 420 g/mol. The third-order valence-corrected chi connectivity index (χ3v) is 7.21. The monoisotopic (exact) mass is 450 g/mol. The van der Waals surface area contributed by atoms with E-state index in [0.29, 0.717) is 24.0 Å². The molecule has 0 unspecified atom stereocenters. The van der Waals surface area contributed by atoms with Crippen LogP contribution in [0.5, 0.6) is 0 Å². The van der Waals surface area contributed by atoms with Gasteiger partial charge in [0.05, 0.1) is 0 Å². The molecule has 3 heterocycles. The molecule has 3 aliphatic rings. The summed E-state index contributed by atoms with van der Waals surface area (Å²) in [4.78, 5) is 42.7. The molecule has 3 atom stereocenters. The van der Waals surface area contributed by atoms with Crippen molar-refractivity contribution in [1.82, 2.24) is 14.8 Å². The van der Waals surface area contributed by atoms with Gasteiger partial charge in [-0.1, -0.05) is 30.3 Å². The SMILES string of the molecule is Nc1cccc(C(=O)N2CC[C@@H]3C[C@@H](C(=O)N4CCc5ccccc5CC4)[C@@H]3C2)n1.O=CO. The Morgan fingerprint density at radius 1 is 1.00 bits per heavy atom. The first-order valence-electron chi connectivity index (χ1n) is 11.5. The molecule has 3 N–H and O–H groups in total. The molecule has 0 spiro atoms. The summed E-state index contributed by atoms with van der Waals surface area (Å²) in [5, 5.41) is 6.89. The smallest absolute Gasteiger partial charge is 0.290 e. The Kier molecular flexibility index (Phi) is 6.91. The molecule has 2 fully saturated rings. The second-order valence-corrected chi connectivity index (χ2v) is 8.95. The topological polar surface area (TPSA) is 117 Å². The molecule has 1 aromatic heterocycles. The van der Waals surface area contributed by atoms with Crippen LogP contribution in [0.15, 0.2) is 42.5 Å². The number of carbonyl (C=O) groups excluding carboxylic acids is 2. The van der Waals surface area contributed by atoms with Crippen molar-refractivity contribution in [3.05, 3.63) is 59.3 Å². The van der Waals surface area contributed by atoms with Crippen LogP contribution in [0.1, 0.15) is 34.5 Å². The van der Waals surface area contributed by atoms with Gasteiger partial charge in [-0.05, 0) is 60.8 Å². The van der Waals surface area contributed by atoms with E-state index in [4.69, 9.17) is 15.6 Å². The van der Waals surface area contributed by atoms with Crippen molar-refractivity contribution < 1.29 is 19.5 Å². The molecule has 33 heavy (non-hydrogen) atoms. The predicted molar refractivity (Wildman–Crippen MR) is 123 cm³/mol. The third kappa shape index (κ3) is 4.84. The maximum Gasteiger partial charge on any atom is 0.290 e. The van der Waals surface area contributed by atoms with Crippen molar-refractivity contribution in [2.75, 3.05) is 31.9 Å². The Morgan fingerprint density at radius 3 is 2.30 bits per heavy atom. The van der Waals surface area contributed by atoms with Crippen molar-refractivity contribution in [2.24, 2.45) is 17.8 Å². The lowest BCUT2D eigenvalue weighted by Crippen LogP contribution is -2.56. The number of pyridine rings is 1. The zero-order valence-electron chi connectivity index (χ0n) is 18.6. The van der Waals surface area contributed by atoms with Crippen LogP contribution in [0.2, 0.25) is 0 Å². The Morgan fingerprint density at radius 2 is 1.67 bits per heavy atom. The van der Waals surface area contributed by atoms with Gasteiger partial charge in [-0.15, -0.1) is 0 Å². The lowest BCUT2D eigenvalue weighted by Gasteiger charge is -2.51. The summed E-state index contributed by atoms with van der Waals surface area (Å²) in [6.45, 7) is 2.71. The molecule has 8 nitrogen and oxygen atoms in total. The van der Waals surface area contributed by atoms with Crippen LogP contribution in [0.25, 0.3) is 0 Å². The fourth-order valence-corrected chi connectivity index (χ4v) is 5.41. The van der Waals surface area contributed by atoms with Gasteiger partial charge in [0.15, 0.2) is 0 Å². The van der Waals surface area contributed by atoms with E-state index in [-0.39, 0.29) is 30.1 Å². The normalized spacial score (nSPS) is 23.6. The Balaban J connectivity index is 0.000000821. The highest BCUT2D eigenvalue weighted by molar-refractivity contribution is 5.92. The number of fused-ring (bicyclic) bond motifs is 2. The van der Waals surface area contributed by atoms with E-state index < -0.39 is 0 Å². The number of nitrogen functional groups attached to an aromatic ring is 1. The maximum atomic E-state index is 13.3. The van der Waals surface area contributed by atoms with E-state index in [1.54, 1.807) is 18.2 Å². The standard InChI is InChI=1S/C24H28N4O2.CH2O2/c25-22-7-3-6-21(26-22)24(30)28-13-10-18-14-19(20(18)15-28)23(29)27-11-8-16-4-1-2-5-17(16)9-12-27;2-1-3/h1-7,18-20H,8-15H2,(H2,25,26);1H,(H,2,3)/t18-,19-,20-;/m1./s1. The minimum absolute atomic E-state index is 0.0422. The summed E-state index contributed by atoms with van der Waals surface area (Å²) in [6, 6.07) is 13.7. The molecule has 2 aromatic rings. The molecule has 0 bridgehead atoms. The Bertz CT molecular complexity index is 1000. The first-order valence-corrected chi connectivity index (χ1v) is 11.5. The first kappa shape index (κ1) is 22.8. The van der Waals surface area contributed by atoms with Crippen molar-refractivity contribution >= 4 is 24.1 Å². The van der Waals surface area contributed by atoms with Crippen LogP contribution < -0.4 is 5.73 Å². The average Bonchev–Trinajstić information content (AvgIpc) is 3.03. The van der Waals surface area contributed by atoms with Crippen molar-refractivity contribution in [3.8, 4) is 0 Å². The van der Waals surface area contributed by atoms with E-state index in [9.17, 15) is 9.59 Å². The van der Waals surface area contributed by atoms with E-state index in [1.807, 2.05) is 4.90 Å². The molecular formula is C25H30N4O4. The van der Waals surface area contributed by atoms with Crippen LogP contribution in [0.3, 0.4) is 0 Å². The number of anilines is 1. The molecule has 5 rings (SSSR count). The average molecular weight is 451 g/mol. The van der Waals surface area contributed by atoms with Gasteiger partial charge in [0, 0.05) is 32.1 Å². The second-order valence-electron chi connectivity index (χ2n) is 8.95. The molecule has 1 aliphatic carbocycles. The Labute approximate surface area is 193 Å². The summed E-state index contributed by atoms with van der Waals surface area (Å²) >= 11 is 0. The van der Waals surface area contributed by atoms with Gasteiger partial charge in [0.25, 0.3) is 12.4 Å². The van der Waals surface area contributed by atoms with Gasteiger partial charge in [0.1, 0.15) is 11.5 Å². The van der Waals surface area contributed by atoms with Gasteiger partial charge < -0.3 is 20.6 Å². The highest BCUT2D eigenvalue weighted by atomic mass is 16.3. The molecule has 2 amide bonds. The van der Waals surface area contributed by atoms with Gasteiger partial charge >= 0.3 is 0 Å². The summed E-state index contributed by atoms with van der Waals surface area (Å²) in [5.41, 5.74) is 8.86. The highest BCUT2D eigenvalue weighted by Gasteiger charge is 2.49. The zero-order valence-corrected chi connectivity index (χ0v) is 18.6. The number of hydrogen-bond acceptors (Lipinski definition) is 5. The number of carbonyl (C=O) groups is 3. The quantitative estimate of drug-likeness (QED) is 0.677. The highest BCUT2D eigenvalue weighted by Crippen LogP contribution is 2.46. The van der Waals surface area contributed by atoms with Crippen LogP contribution in [-0.2, 0) is 22.4 Å². The number of aromatic nitrogens is 1. The van der Waals surface area contributed by atoms with Gasteiger partial charge in [-0.3, -0.25) is 14.4 Å². The lowest BCUT2D eigenvalue weighted by molar-refractivity contribution is -0.147. The number of carboxylic acid groups (broad SMARTS) is 1. The van der Waals surface area contributed by atoms with Crippen molar-refractivity contribution in [1.29, 1.82) is 0 Å². The van der Waals surface area contributed by atoms with E-state index in [0.717, 1.165) is 45.3 Å². The molecule has 1 aromatic carbocycles. The lowest BCUT2D eigenvalue weighted by atomic mass is 9.61. The van der Waals surface area contributed by atoms with Crippen molar-refractivity contribution in [2.45, 2.75) is 25.7 Å². The van der Waals surface area contributed by atoms with E-state index in [2.05, 4.69) is 34.1 Å². The van der Waals surface area contributed by atoms with Crippen LogP contribution >= 0.6 is 0 Å². The minimum atomic E-state index is -0.250. The van der Waals surface area contributed by atoms with Gasteiger partial charge in [0.2, 0.25) is 5.91 Å². The fourth-order valence-electron chi connectivity index (χ4n) is 5.41. The van der Waals surface area contributed by atoms with E-state index in [1.165, 1.54) is 11.1 Å². The summed E-state index contributed by atoms with van der Waals surface area (Å²) in [5.74, 6) is 1.42. The van der Waals surface area contributed by atoms with Crippen molar-refractivity contribution in [3.63, 3.8) is 0 Å². The molecule has 174 valence electrons. The first-order chi connectivity index (χ1) is 16.0. The van der Waals surface area contributed by atoms with Crippen LogP contribution in [0.4, 0.5) is 5.82 Å². The number of likely N-dealkylation sites (tertiary alicyclic amines) is 1. The molecule has 0 radical (unpaired) electrons. The van der Waals surface area contributed by atoms with E-state index >= 15 is 0 Å². The van der Waals surface area contributed by atoms with Gasteiger partial charge in [-0.2, -0.15) is 0 Å². The predicted octanol–water partition coefficient (Wildman–Crippen LogP) is 2.09. The number of hydrogen-bond donors (Lipinski definition) is 2. The maximum absolute atomic E-state index is 13.3. The number of nitrogens with zero attached hydrogens (tertiary/aromatic N) is 3. The molecule has 2 aliphatic heterocycles. The minimum Gasteiger partial charge on any atom is -0.483 e. The van der Waals surface area contributed by atoms with Gasteiger partial charge in [-0.25, -0.2) is 4.98 Å². The second kappa shape index (κ2) is 10.0. The molecule has 1 saturated heterocycles. The number of rotatable bonds is 2. The zero-order chi connectivity index (χ0) is 23.4. The molecule has 1 saturated carbocycles. The number of piperidine rings is 1. The summed E-state index contributed by atoms with van der Waals surface area (Å²) < 4.78 is 0. The summed E-state index contributed by atoms with van der Waals surface area (Å²) in [6.07, 6.45) is 3.78. The van der Waals surface area contributed by atoms with Crippen LogP contribution in [-0.4, -0.2) is 64.4 Å². The summed E-state index contributed by atoms with van der Waals surface area (Å²) in [7, 11) is 0. The van der Waals surface area contributed by atoms with Crippen LogP contribution in [0, 0.1) is 17.8 Å². The third-order valence-electron chi connectivity index (χ3n) is 7.21. The Hall–Kier alpha value is -3.42.